The first-order valence-corrected chi connectivity index (χ1v) is 6.36. The summed E-state index contributed by atoms with van der Waals surface area (Å²) in [5, 5.41) is 0. The van der Waals surface area contributed by atoms with Crippen molar-refractivity contribution in [1.29, 1.82) is 0 Å². The van der Waals surface area contributed by atoms with Gasteiger partial charge in [-0.05, 0) is 13.3 Å². The molecule has 0 aromatic carbocycles. The molecule has 0 atom stereocenters. The van der Waals surface area contributed by atoms with Crippen molar-refractivity contribution < 1.29 is 23.9 Å². The van der Waals surface area contributed by atoms with Gasteiger partial charge in [0.2, 0.25) is 0 Å². The van der Waals surface area contributed by atoms with Crippen molar-refractivity contribution in [1.82, 2.24) is 9.55 Å². The van der Waals surface area contributed by atoms with Crippen molar-refractivity contribution in [2.24, 2.45) is 7.05 Å². The van der Waals surface area contributed by atoms with E-state index in [4.69, 9.17) is 4.74 Å². The number of Topliss-reactive ketones (excluding diaryl/α,β-unsaturated/α-hetero) is 1. The smallest absolute Gasteiger partial charge is 0.317 e. The Bertz CT molecular complexity index is 481. The Morgan fingerprint density at radius 2 is 1.95 bits per heavy atom. The number of aryl methyl sites for hydroxylation is 1. The maximum Gasteiger partial charge on any atom is 0.317 e. The summed E-state index contributed by atoms with van der Waals surface area (Å²) in [5.74, 6) is -0.990. The maximum absolute atomic E-state index is 11.7. The van der Waals surface area contributed by atoms with E-state index < -0.39 is 18.4 Å². The second kappa shape index (κ2) is 8.08. The van der Waals surface area contributed by atoms with E-state index in [1.807, 2.05) is 0 Å². The molecule has 1 aromatic heterocycles. The lowest BCUT2D eigenvalue weighted by atomic mass is 10.2. The van der Waals surface area contributed by atoms with Crippen LogP contribution in [0.15, 0.2) is 12.4 Å². The Morgan fingerprint density at radius 3 is 2.55 bits per heavy atom. The number of nitrogens with zero attached hydrogens (tertiary/aromatic N) is 2. The normalized spacial score (nSPS) is 10.1. The van der Waals surface area contributed by atoms with Gasteiger partial charge in [-0.2, -0.15) is 0 Å². The van der Waals surface area contributed by atoms with Crippen LogP contribution in [-0.2, 0) is 26.1 Å². The number of aromatic nitrogens is 2. The topological polar surface area (TPSA) is 87.5 Å². The molecule has 1 heterocycles. The zero-order valence-corrected chi connectivity index (χ0v) is 11.6. The number of ketones is 1. The van der Waals surface area contributed by atoms with Gasteiger partial charge in [0.05, 0.1) is 13.2 Å². The van der Waals surface area contributed by atoms with Crippen LogP contribution < -0.4 is 0 Å². The summed E-state index contributed by atoms with van der Waals surface area (Å²) in [7, 11) is 1.74. The molecule has 20 heavy (non-hydrogen) atoms. The van der Waals surface area contributed by atoms with E-state index in [0.717, 1.165) is 0 Å². The monoisotopic (exact) mass is 282 g/mol. The van der Waals surface area contributed by atoms with Gasteiger partial charge >= 0.3 is 11.9 Å². The van der Waals surface area contributed by atoms with Gasteiger partial charge in [0.1, 0.15) is 6.42 Å². The first-order valence-electron chi connectivity index (χ1n) is 6.36. The molecule has 7 heteroatoms. The van der Waals surface area contributed by atoms with Gasteiger partial charge in [0.25, 0.3) is 0 Å². The molecule has 0 bridgehead atoms. The van der Waals surface area contributed by atoms with Crippen LogP contribution in [0, 0.1) is 0 Å². The lowest BCUT2D eigenvalue weighted by Gasteiger charge is -2.04. The standard InChI is InChI=1S/C13H18N2O5/c1-3-19-11(17)9-12(18)20-8-4-5-10(16)13-14-6-7-15(13)2/h6-7H,3-5,8-9H2,1-2H3. The zero-order valence-electron chi connectivity index (χ0n) is 11.6. The molecule has 0 aliphatic carbocycles. The van der Waals surface area contributed by atoms with Crippen LogP contribution in [0.1, 0.15) is 36.8 Å². The number of hydrogen-bond acceptors (Lipinski definition) is 6. The van der Waals surface area contributed by atoms with Gasteiger partial charge in [-0.1, -0.05) is 0 Å². The minimum absolute atomic E-state index is 0.0917. The average molecular weight is 282 g/mol. The highest BCUT2D eigenvalue weighted by atomic mass is 16.6. The molecular formula is C13H18N2O5. The summed E-state index contributed by atoms with van der Waals surface area (Å²) in [5.41, 5.74) is 0. The van der Waals surface area contributed by atoms with Crippen molar-refractivity contribution in [3.8, 4) is 0 Å². The van der Waals surface area contributed by atoms with Crippen molar-refractivity contribution in [2.45, 2.75) is 26.2 Å². The van der Waals surface area contributed by atoms with Gasteiger partial charge in [-0.15, -0.1) is 0 Å². The molecule has 0 spiro atoms. The summed E-state index contributed by atoms with van der Waals surface area (Å²) in [6.07, 6.45) is 3.46. The van der Waals surface area contributed by atoms with Crippen LogP contribution in [0.3, 0.4) is 0 Å². The second-order valence-electron chi connectivity index (χ2n) is 4.09. The minimum Gasteiger partial charge on any atom is -0.466 e. The molecule has 0 amide bonds. The number of imidazole rings is 1. The molecule has 1 rings (SSSR count). The highest BCUT2D eigenvalue weighted by molar-refractivity contribution is 5.93. The van der Waals surface area contributed by atoms with Crippen LogP contribution in [0.25, 0.3) is 0 Å². The van der Waals surface area contributed by atoms with E-state index in [1.54, 1.807) is 30.9 Å². The second-order valence-corrected chi connectivity index (χ2v) is 4.09. The quantitative estimate of drug-likeness (QED) is 0.304. The molecule has 0 unspecified atom stereocenters. The summed E-state index contributed by atoms with van der Waals surface area (Å²) in [4.78, 5) is 37.9. The highest BCUT2D eigenvalue weighted by Crippen LogP contribution is 2.03. The van der Waals surface area contributed by atoms with Gasteiger partial charge in [0, 0.05) is 25.9 Å². The largest absolute Gasteiger partial charge is 0.466 e. The van der Waals surface area contributed by atoms with Crippen LogP contribution >= 0.6 is 0 Å². The number of ether oxygens (including phenoxy) is 2. The van der Waals surface area contributed by atoms with Gasteiger partial charge in [-0.3, -0.25) is 14.4 Å². The lowest BCUT2D eigenvalue weighted by Crippen LogP contribution is -2.15. The number of rotatable bonds is 8. The fourth-order valence-electron chi connectivity index (χ4n) is 1.55. The molecule has 110 valence electrons. The molecule has 0 radical (unpaired) electrons. The van der Waals surface area contributed by atoms with Crippen LogP contribution in [0.4, 0.5) is 0 Å². The number of carbonyl (C=O) groups is 3. The predicted octanol–water partition coefficient (Wildman–Crippen LogP) is 0.879. The number of carbonyl (C=O) groups excluding carboxylic acids is 3. The number of esters is 2. The van der Waals surface area contributed by atoms with Crippen molar-refractivity contribution in [2.75, 3.05) is 13.2 Å². The third-order valence-corrected chi connectivity index (χ3v) is 2.48. The fourth-order valence-corrected chi connectivity index (χ4v) is 1.55. The molecule has 7 nitrogen and oxygen atoms in total. The van der Waals surface area contributed by atoms with Gasteiger partial charge in [-0.25, -0.2) is 4.98 Å². The molecule has 0 saturated carbocycles. The van der Waals surface area contributed by atoms with Crippen LogP contribution in [0.5, 0.6) is 0 Å². The SMILES string of the molecule is CCOC(=O)CC(=O)OCCCC(=O)c1nccn1C. The third-order valence-electron chi connectivity index (χ3n) is 2.48. The van der Waals surface area contributed by atoms with E-state index in [-0.39, 0.29) is 25.4 Å². The Morgan fingerprint density at radius 1 is 1.25 bits per heavy atom. The molecule has 0 saturated heterocycles. The summed E-state index contributed by atoms with van der Waals surface area (Å²) < 4.78 is 11.1. The average Bonchev–Trinajstić information content (AvgIpc) is 2.81. The Hall–Kier alpha value is -2.18. The summed E-state index contributed by atoms with van der Waals surface area (Å²) >= 11 is 0. The Labute approximate surface area is 116 Å². The summed E-state index contributed by atoms with van der Waals surface area (Å²) in [6.45, 7) is 1.98. The van der Waals surface area contributed by atoms with Crippen LogP contribution in [0.2, 0.25) is 0 Å². The molecule has 0 aliphatic rings. The first-order chi connectivity index (χ1) is 9.54. The van der Waals surface area contributed by atoms with E-state index in [9.17, 15) is 14.4 Å². The van der Waals surface area contributed by atoms with E-state index >= 15 is 0 Å². The predicted molar refractivity (Wildman–Crippen MR) is 69.0 cm³/mol. The van der Waals surface area contributed by atoms with Gasteiger partial charge in [0.15, 0.2) is 11.6 Å². The zero-order chi connectivity index (χ0) is 15.0. The molecule has 1 aromatic rings. The minimum atomic E-state index is -0.645. The third kappa shape index (κ3) is 5.21. The first kappa shape index (κ1) is 15.9. The van der Waals surface area contributed by atoms with Crippen molar-refractivity contribution in [3.05, 3.63) is 18.2 Å². The fraction of sp³-hybridized carbons (Fsp3) is 0.538. The molecule has 0 aliphatic heterocycles. The Balaban J connectivity index is 2.19. The van der Waals surface area contributed by atoms with Crippen molar-refractivity contribution in [3.63, 3.8) is 0 Å². The van der Waals surface area contributed by atoms with E-state index in [2.05, 4.69) is 9.72 Å². The maximum atomic E-state index is 11.7. The summed E-state index contributed by atoms with van der Waals surface area (Å²) in [6, 6.07) is 0. The highest BCUT2D eigenvalue weighted by Gasteiger charge is 2.13. The van der Waals surface area contributed by atoms with Gasteiger partial charge < -0.3 is 14.0 Å². The van der Waals surface area contributed by atoms with Crippen LogP contribution in [-0.4, -0.2) is 40.5 Å². The Kier molecular flexibility index (Phi) is 6.42. The molecule has 0 fully saturated rings. The molecule has 0 N–H and O–H groups in total. The van der Waals surface area contributed by atoms with E-state index in [1.165, 1.54) is 0 Å². The molecular weight excluding hydrogens is 264 g/mol. The van der Waals surface area contributed by atoms with E-state index in [0.29, 0.717) is 12.2 Å². The van der Waals surface area contributed by atoms with Crippen molar-refractivity contribution >= 4 is 17.7 Å². The number of hydrogen-bond donors (Lipinski definition) is 0. The lowest BCUT2D eigenvalue weighted by molar-refractivity contribution is -0.154.